The fourth-order valence-electron chi connectivity index (χ4n) is 1.69. The van der Waals surface area contributed by atoms with Crippen molar-refractivity contribution in [3.63, 3.8) is 0 Å². The molecule has 0 amide bonds. The summed E-state index contributed by atoms with van der Waals surface area (Å²) in [5.41, 5.74) is 0. The largest absolute Gasteiger partial charge is 0.456 e. The summed E-state index contributed by atoms with van der Waals surface area (Å²) >= 11 is 0. The van der Waals surface area contributed by atoms with Crippen molar-refractivity contribution in [1.29, 1.82) is 0 Å². The molecule has 3 unspecified atom stereocenters. The smallest absolute Gasteiger partial charge is 0.330 e. The van der Waals surface area contributed by atoms with Crippen molar-refractivity contribution in [2.45, 2.75) is 38.8 Å². The second-order valence-electron chi connectivity index (χ2n) is 3.61. The Morgan fingerprint density at radius 3 is 2.79 bits per heavy atom. The lowest BCUT2D eigenvalue weighted by Gasteiger charge is -2.36. The van der Waals surface area contributed by atoms with Gasteiger partial charge in [0, 0.05) is 18.4 Å². The number of aliphatic hydroxyl groups is 1. The Morgan fingerprint density at radius 1 is 1.64 bits per heavy atom. The van der Waals surface area contributed by atoms with Crippen LogP contribution in [0.2, 0.25) is 0 Å². The molecule has 0 radical (unpaired) electrons. The molecule has 1 N–H and O–H groups in total. The summed E-state index contributed by atoms with van der Waals surface area (Å²) < 4.78 is 10.3. The number of rotatable bonds is 2. The van der Waals surface area contributed by atoms with Gasteiger partial charge in [-0.2, -0.15) is 0 Å². The first-order chi connectivity index (χ1) is 6.54. The molecule has 0 aliphatic carbocycles. The van der Waals surface area contributed by atoms with Gasteiger partial charge in [-0.3, -0.25) is 0 Å². The van der Waals surface area contributed by atoms with Gasteiger partial charge in [0.1, 0.15) is 6.10 Å². The molecule has 1 heterocycles. The third-order valence-electron chi connectivity index (χ3n) is 2.39. The molecule has 0 aromatic rings. The van der Waals surface area contributed by atoms with Gasteiger partial charge in [0.15, 0.2) is 6.29 Å². The predicted octanol–water partition coefficient (Wildman–Crippen LogP) is 0.847. The van der Waals surface area contributed by atoms with E-state index in [2.05, 4.69) is 6.58 Å². The first-order valence-corrected chi connectivity index (χ1v) is 4.71. The third kappa shape index (κ3) is 2.56. The van der Waals surface area contributed by atoms with Crippen LogP contribution in [0, 0.1) is 5.92 Å². The molecule has 0 spiro atoms. The standard InChI is InChI=1S/C10H16O4/c1-4-8(11)14-10-6(2)5-9(12)13-7(10)3/h4,6-7,9-10,12H,1,5H2,2-3H3/t6?,7?,9-,10?/m1/s1. The van der Waals surface area contributed by atoms with E-state index in [0.29, 0.717) is 6.42 Å². The van der Waals surface area contributed by atoms with E-state index in [1.54, 1.807) is 6.92 Å². The van der Waals surface area contributed by atoms with E-state index in [-0.39, 0.29) is 18.1 Å². The van der Waals surface area contributed by atoms with E-state index in [0.717, 1.165) is 6.08 Å². The number of hydrogen-bond donors (Lipinski definition) is 1. The van der Waals surface area contributed by atoms with E-state index in [1.165, 1.54) is 0 Å². The Morgan fingerprint density at radius 2 is 2.29 bits per heavy atom. The Balaban J connectivity index is 2.58. The van der Waals surface area contributed by atoms with E-state index >= 15 is 0 Å². The minimum absolute atomic E-state index is 0.0950. The molecular weight excluding hydrogens is 184 g/mol. The summed E-state index contributed by atoms with van der Waals surface area (Å²) in [5, 5.41) is 9.28. The van der Waals surface area contributed by atoms with Crippen molar-refractivity contribution in [2.24, 2.45) is 5.92 Å². The molecule has 0 saturated carbocycles. The minimum Gasteiger partial charge on any atom is -0.456 e. The molecule has 1 saturated heterocycles. The van der Waals surface area contributed by atoms with Crippen LogP contribution in [-0.2, 0) is 14.3 Å². The molecule has 4 nitrogen and oxygen atoms in total. The molecule has 0 aromatic carbocycles. The molecule has 14 heavy (non-hydrogen) atoms. The van der Waals surface area contributed by atoms with Crippen LogP contribution < -0.4 is 0 Å². The highest BCUT2D eigenvalue weighted by Crippen LogP contribution is 2.26. The zero-order chi connectivity index (χ0) is 10.7. The lowest BCUT2D eigenvalue weighted by atomic mass is 9.94. The van der Waals surface area contributed by atoms with Crippen LogP contribution >= 0.6 is 0 Å². The van der Waals surface area contributed by atoms with Gasteiger partial charge < -0.3 is 14.6 Å². The molecule has 0 aromatic heterocycles. The van der Waals surface area contributed by atoms with Gasteiger partial charge in [-0.15, -0.1) is 0 Å². The third-order valence-corrected chi connectivity index (χ3v) is 2.39. The van der Waals surface area contributed by atoms with E-state index in [4.69, 9.17) is 9.47 Å². The Labute approximate surface area is 83.5 Å². The van der Waals surface area contributed by atoms with Crippen molar-refractivity contribution >= 4 is 5.97 Å². The minimum atomic E-state index is -0.751. The number of esters is 1. The molecule has 1 aliphatic heterocycles. The lowest BCUT2D eigenvalue weighted by molar-refractivity contribution is -0.219. The highest BCUT2D eigenvalue weighted by Gasteiger charge is 2.35. The fraction of sp³-hybridized carbons (Fsp3) is 0.700. The van der Waals surface area contributed by atoms with Crippen molar-refractivity contribution in [3.8, 4) is 0 Å². The van der Waals surface area contributed by atoms with Crippen LogP contribution in [0.3, 0.4) is 0 Å². The van der Waals surface area contributed by atoms with E-state index in [1.807, 2.05) is 6.92 Å². The molecule has 1 fully saturated rings. The summed E-state index contributed by atoms with van der Waals surface area (Å²) in [6, 6.07) is 0. The zero-order valence-electron chi connectivity index (χ0n) is 8.47. The summed E-state index contributed by atoms with van der Waals surface area (Å²) in [6.45, 7) is 7.02. The quantitative estimate of drug-likeness (QED) is 0.530. The van der Waals surface area contributed by atoms with Crippen LogP contribution in [0.1, 0.15) is 20.3 Å². The average Bonchev–Trinajstić information content (AvgIpc) is 2.10. The van der Waals surface area contributed by atoms with Gasteiger partial charge in [0.25, 0.3) is 0 Å². The fourth-order valence-corrected chi connectivity index (χ4v) is 1.69. The summed E-state index contributed by atoms with van der Waals surface area (Å²) in [7, 11) is 0. The van der Waals surface area contributed by atoms with Gasteiger partial charge >= 0.3 is 5.97 Å². The first kappa shape index (κ1) is 11.2. The molecule has 1 aliphatic rings. The summed E-state index contributed by atoms with van der Waals surface area (Å²) in [4.78, 5) is 11.0. The summed E-state index contributed by atoms with van der Waals surface area (Å²) in [5.74, 6) is -0.355. The number of hydrogen-bond acceptors (Lipinski definition) is 4. The van der Waals surface area contributed by atoms with Crippen molar-refractivity contribution < 1.29 is 19.4 Å². The Bertz CT molecular complexity index is 214. The van der Waals surface area contributed by atoms with Crippen molar-refractivity contribution in [2.75, 3.05) is 0 Å². The van der Waals surface area contributed by atoms with Crippen LogP contribution in [0.4, 0.5) is 0 Å². The van der Waals surface area contributed by atoms with Crippen molar-refractivity contribution in [3.05, 3.63) is 12.7 Å². The predicted molar refractivity (Wildman–Crippen MR) is 50.4 cm³/mol. The molecule has 0 bridgehead atoms. The molecule has 1 rings (SSSR count). The van der Waals surface area contributed by atoms with Crippen LogP contribution in [0.5, 0.6) is 0 Å². The Kier molecular flexibility index (Phi) is 3.66. The lowest BCUT2D eigenvalue weighted by Crippen LogP contribution is -2.44. The van der Waals surface area contributed by atoms with Gasteiger partial charge in [-0.05, 0) is 6.92 Å². The first-order valence-electron chi connectivity index (χ1n) is 4.71. The SMILES string of the molecule is C=CC(=O)OC1C(C)C[C@H](O)OC1C. The topological polar surface area (TPSA) is 55.8 Å². The highest BCUT2D eigenvalue weighted by atomic mass is 16.6. The zero-order valence-corrected chi connectivity index (χ0v) is 8.47. The molecule has 4 atom stereocenters. The maximum absolute atomic E-state index is 11.0. The second-order valence-corrected chi connectivity index (χ2v) is 3.61. The maximum atomic E-state index is 11.0. The molecular formula is C10H16O4. The Hall–Kier alpha value is -0.870. The normalized spacial score (nSPS) is 37.6. The van der Waals surface area contributed by atoms with Gasteiger partial charge in [0.2, 0.25) is 0 Å². The average molecular weight is 200 g/mol. The van der Waals surface area contributed by atoms with Gasteiger partial charge in [-0.25, -0.2) is 4.79 Å². The van der Waals surface area contributed by atoms with E-state index < -0.39 is 12.3 Å². The number of aliphatic hydroxyl groups excluding tert-OH is 1. The number of carbonyl (C=O) groups excluding carboxylic acids is 1. The van der Waals surface area contributed by atoms with Crippen molar-refractivity contribution in [1.82, 2.24) is 0 Å². The van der Waals surface area contributed by atoms with Crippen LogP contribution in [0.25, 0.3) is 0 Å². The maximum Gasteiger partial charge on any atom is 0.330 e. The molecule has 4 heteroatoms. The van der Waals surface area contributed by atoms with Crippen LogP contribution in [-0.4, -0.2) is 29.6 Å². The van der Waals surface area contributed by atoms with Gasteiger partial charge in [0.05, 0.1) is 6.10 Å². The monoisotopic (exact) mass is 200 g/mol. The summed E-state index contributed by atoms with van der Waals surface area (Å²) in [6.07, 6.45) is 0.282. The van der Waals surface area contributed by atoms with Gasteiger partial charge in [-0.1, -0.05) is 13.5 Å². The number of carbonyl (C=O) groups is 1. The second kappa shape index (κ2) is 4.57. The highest BCUT2D eigenvalue weighted by molar-refractivity contribution is 5.81. The van der Waals surface area contributed by atoms with Crippen LogP contribution in [0.15, 0.2) is 12.7 Å². The molecule has 80 valence electrons. The number of ether oxygens (including phenoxy) is 2. The van der Waals surface area contributed by atoms with E-state index in [9.17, 15) is 9.90 Å².